The molecular weight excluding hydrogens is 550 g/mol. The van der Waals surface area contributed by atoms with Crippen molar-refractivity contribution in [1.82, 2.24) is 24.8 Å². The summed E-state index contributed by atoms with van der Waals surface area (Å²) in [6.45, 7) is 14.6. The van der Waals surface area contributed by atoms with Crippen molar-refractivity contribution in [1.29, 1.82) is 5.26 Å². The molecule has 1 N–H and O–H groups in total. The molecule has 3 aromatic rings. The summed E-state index contributed by atoms with van der Waals surface area (Å²) in [6.07, 6.45) is 6.81. The lowest BCUT2D eigenvalue weighted by molar-refractivity contribution is -0.132. The molecule has 10 nitrogen and oxygen atoms in total. The highest BCUT2D eigenvalue weighted by atomic mass is 32.1. The molecule has 2 aliphatic heterocycles. The topological polar surface area (TPSA) is 108 Å². The predicted molar refractivity (Wildman–Crippen MR) is 168 cm³/mol. The maximum absolute atomic E-state index is 13.0. The van der Waals surface area contributed by atoms with Crippen LogP contribution in [0.5, 0.6) is 5.75 Å². The van der Waals surface area contributed by atoms with Crippen LogP contribution in [0, 0.1) is 22.7 Å². The molecule has 0 spiro atoms. The van der Waals surface area contributed by atoms with Crippen LogP contribution in [0.2, 0.25) is 0 Å². The fourth-order valence-corrected chi connectivity index (χ4v) is 5.33. The van der Waals surface area contributed by atoms with E-state index < -0.39 is 0 Å². The molecule has 0 unspecified atom stereocenters. The minimum Gasteiger partial charge on any atom is -0.491 e. The first kappa shape index (κ1) is 31.6. The molecule has 0 aliphatic carbocycles. The second kappa shape index (κ2) is 13.8. The van der Waals surface area contributed by atoms with Crippen LogP contribution in [0.15, 0.2) is 36.8 Å². The van der Waals surface area contributed by atoms with Crippen LogP contribution < -0.4 is 15.0 Å². The highest BCUT2D eigenvalue weighted by molar-refractivity contribution is 7.59. The monoisotopic (exact) mass is 593 g/mol. The molecule has 0 saturated carbocycles. The number of morpholine rings is 1. The molecule has 2 saturated heterocycles. The number of carbonyl (C=O) groups is 1. The van der Waals surface area contributed by atoms with Gasteiger partial charge in [-0.15, -0.1) is 0 Å². The van der Waals surface area contributed by atoms with Crippen molar-refractivity contribution < 1.29 is 14.3 Å². The third-order valence-electron chi connectivity index (χ3n) is 8.64. The highest BCUT2D eigenvalue weighted by Gasteiger charge is 2.37. The van der Waals surface area contributed by atoms with Gasteiger partial charge >= 0.3 is 0 Å². The van der Waals surface area contributed by atoms with Crippen LogP contribution in [0.4, 0.5) is 5.82 Å². The number of carbonyl (C=O) groups excluding carboxylic acids is 1. The molecule has 1 atom stereocenters. The Morgan fingerprint density at radius 1 is 1.17 bits per heavy atom. The van der Waals surface area contributed by atoms with Crippen molar-refractivity contribution in [3.63, 3.8) is 0 Å². The Labute approximate surface area is 255 Å². The van der Waals surface area contributed by atoms with E-state index >= 15 is 0 Å². The molecule has 1 amide bonds. The maximum Gasteiger partial charge on any atom is 0.226 e. The number of aromatic nitrogens is 3. The van der Waals surface area contributed by atoms with Gasteiger partial charge in [0.15, 0.2) is 0 Å². The van der Waals surface area contributed by atoms with Gasteiger partial charge in [-0.1, -0.05) is 20.8 Å². The molecule has 11 heteroatoms. The summed E-state index contributed by atoms with van der Waals surface area (Å²) in [5.74, 6) is 2.13. The van der Waals surface area contributed by atoms with Crippen molar-refractivity contribution >= 4 is 30.7 Å². The zero-order valence-corrected chi connectivity index (χ0v) is 26.1. The summed E-state index contributed by atoms with van der Waals surface area (Å²) in [7, 11) is 0. The van der Waals surface area contributed by atoms with E-state index in [1.165, 1.54) is 0 Å². The van der Waals surface area contributed by atoms with E-state index in [4.69, 9.17) is 14.5 Å². The first-order chi connectivity index (χ1) is 19.8. The quantitative estimate of drug-likeness (QED) is 0.399. The van der Waals surface area contributed by atoms with Crippen LogP contribution in [-0.2, 0) is 9.53 Å². The third-order valence-corrected chi connectivity index (χ3v) is 8.64. The summed E-state index contributed by atoms with van der Waals surface area (Å²) in [5, 5.41) is 17.3. The third kappa shape index (κ3) is 7.00. The maximum atomic E-state index is 13.0. The van der Waals surface area contributed by atoms with Crippen molar-refractivity contribution in [3.05, 3.63) is 42.4 Å². The van der Waals surface area contributed by atoms with Gasteiger partial charge in [-0.2, -0.15) is 23.9 Å². The van der Waals surface area contributed by atoms with E-state index in [2.05, 4.69) is 54.0 Å². The first-order valence-corrected chi connectivity index (χ1v) is 14.6. The number of amides is 1. The van der Waals surface area contributed by atoms with Gasteiger partial charge < -0.3 is 19.7 Å². The average molecular weight is 594 g/mol. The van der Waals surface area contributed by atoms with Crippen LogP contribution in [0.3, 0.4) is 0 Å². The van der Waals surface area contributed by atoms with Crippen molar-refractivity contribution in [2.24, 2.45) is 11.3 Å². The Balaban J connectivity index is 0.00000405. The number of nitriles is 1. The van der Waals surface area contributed by atoms with Gasteiger partial charge in [0.05, 0.1) is 36.7 Å². The Bertz CT molecular complexity index is 1390. The molecule has 226 valence electrons. The standard InChI is InChI=1S/C31H41N7O3.H2S/c1-22(2)23(3)35-30(39)31(4)7-9-37(10-8-31)28-6-5-24(19-33-28)27-17-26(21-38-29(27)25(18-32)20-34-38)41-16-13-36-11-14-40-15-12-36;/h5-6,17,19-23H,7-16H2,1-4H3,(H,35,39);1H2/t23-;/m0./s1. The summed E-state index contributed by atoms with van der Waals surface area (Å²) >= 11 is 0. The zero-order chi connectivity index (χ0) is 29.0. The van der Waals surface area contributed by atoms with Crippen LogP contribution in [-0.4, -0.2) is 84.0 Å². The smallest absolute Gasteiger partial charge is 0.226 e. The predicted octanol–water partition coefficient (Wildman–Crippen LogP) is 3.86. The van der Waals surface area contributed by atoms with Crippen molar-refractivity contribution in [3.8, 4) is 22.9 Å². The number of piperidine rings is 1. The van der Waals surface area contributed by atoms with Gasteiger partial charge in [0.1, 0.15) is 24.2 Å². The molecule has 2 fully saturated rings. The first-order valence-electron chi connectivity index (χ1n) is 14.6. The number of ether oxygens (including phenoxy) is 2. The lowest BCUT2D eigenvalue weighted by Crippen LogP contribution is -2.50. The zero-order valence-electron chi connectivity index (χ0n) is 25.1. The number of anilines is 1. The number of pyridine rings is 2. The molecule has 0 bridgehead atoms. The van der Waals surface area contributed by atoms with E-state index in [-0.39, 0.29) is 30.9 Å². The Morgan fingerprint density at radius 3 is 2.55 bits per heavy atom. The summed E-state index contributed by atoms with van der Waals surface area (Å²) in [6, 6.07) is 8.44. The highest BCUT2D eigenvalue weighted by Crippen LogP contribution is 2.35. The second-order valence-electron chi connectivity index (χ2n) is 11.8. The lowest BCUT2D eigenvalue weighted by atomic mass is 9.79. The van der Waals surface area contributed by atoms with Crippen LogP contribution >= 0.6 is 13.5 Å². The summed E-state index contributed by atoms with van der Waals surface area (Å²) in [5.41, 5.74) is 2.60. The Kier molecular flexibility index (Phi) is 10.4. The average Bonchev–Trinajstić information content (AvgIpc) is 3.41. The number of hydrogen-bond donors (Lipinski definition) is 1. The molecule has 5 heterocycles. The number of hydrogen-bond acceptors (Lipinski definition) is 8. The van der Waals surface area contributed by atoms with Crippen LogP contribution in [0.25, 0.3) is 16.6 Å². The second-order valence-corrected chi connectivity index (χ2v) is 11.8. The minimum atomic E-state index is -0.372. The fourth-order valence-electron chi connectivity index (χ4n) is 5.33. The van der Waals surface area contributed by atoms with Gasteiger partial charge in [0, 0.05) is 61.5 Å². The number of nitrogens with one attached hydrogen (secondary N) is 1. The van der Waals surface area contributed by atoms with Crippen LogP contribution in [0.1, 0.15) is 46.1 Å². The molecule has 3 aromatic heterocycles. The molecule has 42 heavy (non-hydrogen) atoms. The molecule has 2 aliphatic rings. The van der Waals surface area contributed by atoms with Gasteiger partial charge in [-0.05, 0) is 43.9 Å². The van der Waals surface area contributed by atoms with Crippen molar-refractivity contribution in [2.75, 3.05) is 57.4 Å². The van der Waals surface area contributed by atoms with Crippen molar-refractivity contribution in [2.45, 2.75) is 46.6 Å². The molecule has 0 aromatic carbocycles. The van der Waals surface area contributed by atoms with Gasteiger partial charge in [-0.25, -0.2) is 9.50 Å². The number of fused-ring (bicyclic) bond motifs is 1. The van der Waals surface area contributed by atoms with E-state index in [9.17, 15) is 10.1 Å². The normalized spacial score (nSPS) is 17.9. The van der Waals surface area contributed by atoms with E-state index in [0.717, 1.165) is 81.2 Å². The van der Waals surface area contributed by atoms with E-state index in [0.29, 0.717) is 23.8 Å². The van der Waals surface area contributed by atoms with Gasteiger partial charge in [0.2, 0.25) is 5.91 Å². The van der Waals surface area contributed by atoms with Gasteiger partial charge in [0.25, 0.3) is 0 Å². The molecule has 0 radical (unpaired) electrons. The summed E-state index contributed by atoms with van der Waals surface area (Å²) < 4.78 is 13.3. The van der Waals surface area contributed by atoms with E-state index in [1.54, 1.807) is 10.7 Å². The largest absolute Gasteiger partial charge is 0.491 e. The number of nitrogens with zero attached hydrogens (tertiary/aromatic N) is 6. The molecule has 5 rings (SSSR count). The minimum absolute atomic E-state index is 0. The Morgan fingerprint density at radius 2 is 1.90 bits per heavy atom. The Hall–Kier alpha value is -3.33. The number of rotatable bonds is 9. The summed E-state index contributed by atoms with van der Waals surface area (Å²) in [4.78, 5) is 22.4. The SMILES string of the molecule is CC(C)[C@H](C)NC(=O)C1(C)CCN(c2ccc(-c3cc(OCCN4CCOCC4)cn4ncc(C#N)c34)cn2)CC1.S. The lowest BCUT2D eigenvalue weighted by Gasteiger charge is -2.39. The fraction of sp³-hybridized carbons (Fsp3) is 0.548. The van der Waals surface area contributed by atoms with Gasteiger partial charge in [-0.3, -0.25) is 9.69 Å². The molecular formula is C31H43N7O3S. The van der Waals surface area contributed by atoms with E-state index in [1.807, 2.05) is 30.6 Å².